The third-order valence-corrected chi connectivity index (χ3v) is 3.78. The van der Waals surface area contributed by atoms with Crippen molar-refractivity contribution in [2.75, 3.05) is 13.6 Å². The van der Waals surface area contributed by atoms with Gasteiger partial charge in [-0.15, -0.1) is 0 Å². The number of hydrogen-bond acceptors (Lipinski definition) is 3. The number of amides is 1. The van der Waals surface area contributed by atoms with Crippen LogP contribution in [0.4, 0.5) is 0 Å². The van der Waals surface area contributed by atoms with Gasteiger partial charge in [-0.3, -0.25) is 15.6 Å². The second kappa shape index (κ2) is 5.50. The van der Waals surface area contributed by atoms with Crippen LogP contribution in [-0.2, 0) is 4.79 Å². The molecular weight excluding hydrogens is 226 g/mol. The fourth-order valence-electron chi connectivity index (χ4n) is 2.32. The molecule has 2 N–H and O–H groups in total. The van der Waals surface area contributed by atoms with E-state index >= 15 is 0 Å². The topological polar surface area (TPSA) is 44.4 Å². The molecule has 4 heteroatoms. The van der Waals surface area contributed by atoms with E-state index in [0.29, 0.717) is 6.54 Å². The Labute approximate surface area is 108 Å². The zero-order chi connectivity index (χ0) is 13.1. The predicted molar refractivity (Wildman–Crippen MR) is 71.7 cm³/mol. The van der Waals surface area contributed by atoms with Crippen molar-refractivity contribution in [1.29, 1.82) is 0 Å². The van der Waals surface area contributed by atoms with Crippen LogP contribution in [0.3, 0.4) is 0 Å². The minimum absolute atomic E-state index is 0.0150. The quantitative estimate of drug-likeness (QED) is 0.846. The molecule has 1 fully saturated rings. The first-order valence-electron chi connectivity index (χ1n) is 6.41. The summed E-state index contributed by atoms with van der Waals surface area (Å²) < 4.78 is 0. The van der Waals surface area contributed by atoms with Gasteiger partial charge in [0, 0.05) is 19.6 Å². The fraction of sp³-hybridized carbons (Fsp3) is 0.500. The fourth-order valence-corrected chi connectivity index (χ4v) is 2.32. The van der Waals surface area contributed by atoms with Crippen LogP contribution in [0.1, 0.15) is 25.5 Å². The first kappa shape index (κ1) is 13.1. The normalized spacial score (nSPS) is 24.8. The lowest BCUT2D eigenvalue weighted by Gasteiger charge is -2.28. The van der Waals surface area contributed by atoms with Crippen LogP contribution in [-0.4, -0.2) is 30.4 Å². The Bertz CT molecular complexity index is 407. The van der Waals surface area contributed by atoms with Gasteiger partial charge in [0.2, 0.25) is 5.91 Å². The van der Waals surface area contributed by atoms with Crippen molar-refractivity contribution in [3.8, 4) is 0 Å². The van der Waals surface area contributed by atoms with Gasteiger partial charge in [-0.2, -0.15) is 0 Å². The van der Waals surface area contributed by atoms with Crippen molar-refractivity contribution < 1.29 is 4.79 Å². The number of rotatable bonds is 3. The molecule has 4 nitrogen and oxygen atoms in total. The molecule has 0 saturated carbocycles. The van der Waals surface area contributed by atoms with Crippen molar-refractivity contribution in [2.24, 2.45) is 5.92 Å². The Balaban J connectivity index is 2.07. The molecule has 1 heterocycles. The van der Waals surface area contributed by atoms with Gasteiger partial charge in [0.25, 0.3) is 0 Å². The molecule has 0 aromatic heterocycles. The third kappa shape index (κ3) is 2.54. The van der Waals surface area contributed by atoms with Gasteiger partial charge in [-0.1, -0.05) is 30.3 Å². The Morgan fingerprint density at radius 2 is 2.06 bits per heavy atom. The number of nitrogens with one attached hydrogen (secondary N) is 2. The summed E-state index contributed by atoms with van der Waals surface area (Å²) in [6, 6.07) is 10.4. The van der Waals surface area contributed by atoms with Crippen LogP contribution < -0.4 is 10.9 Å². The second-order valence-electron chi connectivity index (χ2n) is 4.96. The molecule has 3 atom stereocenters. The van der Waals surface area contributed by atoms with Gasteiger partial charge in [0.15, 0.2) is 0 Å². The van der Waals surface area contributed by atoms with Crippen LogP contribution in [0.2, 0.25) is 0 Å². The van der Waals surface area contributed by atoms with E-state index in [-0.39, 0.29) is 23.9 Å². The Kier molecular flexibility index (Phi) is 3.99. The van der Waals surface area contributed by atoms with Crippen LogP contribution in [0, 0.1) is 5.92 Å². The summed E-state index contributed by atoms with van der Waals surface area (Å²) in [7, 11) is 1.88. The minimum Gasteiger partial charge on any atom is -0.339 e. The molecule has 98 valence electrons. The van der Waals surface area contributed by atoms with Crippen LogP contribution >= 0.6 is 0 Å². The first-order chi connectivity index (χ1) is 8.61. The van der Waals surface area contributed by atoms with E-state index in [4.69, 9.17) is 0 Å². The lowest BCUT2D eigenvalue weighted by atomic mass is 10.00. The molecule has 0 radical (unpaired) electrons. The number of nitrogens with zero attached hydrogens (tertiary/aromatic N) is 1. The van der Waals surface area contributed by atoms with E-state index < -0.39 is 0 Å². The lowest BCUT2D eigenvalue weighted by Crippen LogP contribution is -2.40. The molecule has 1 aliphatic rings. The monoisotopic (exact) mass is 247 g/mol. The molecule has 1 saturated heterocycles. The smallest absolute Gasteiger partial charge is 0.228 e. The summed E-state index contributed by atoms with van der Waals surface area (Å²) in [5.74, 6) is 0.206. The van der Waals surface area contributed by atoms with E-state index in [2.05, 4.69) is 29.9 Å². The molecule has 1 aromatic carbocycles. The van der Waals surface area contributed by atoms with Crippen LogP contribution in [0.15, 0.2) is 30.3 Å². The molecule has 1 aromatic rings. The second-order valence-corrected chi connectivity index (χ2v) is 4.96. The number of carbonyl (C=O) groups excluding carboxylic acids is 1. The van der Waals surface area contributed by atoms with Crippen molar-refractivity contribution in [3.63, 3.8) is 0 Å². The zero-order valence-corrected chi connectivity index (χ0v) is 11.2. The standard InChI is InChI=1S/C14H21N3O/c1-10-13(9-15-16-10)14(18)17(3)11(2)12-7-5-4-6-8-12/h4-8,10-11,13,15-16H,9H2,1-3H3. The van der Waals surface area contributed by atoms with Gasteiger partial charge in [0.05, 0.1) is 12.0 Å². The molecule has 3 unspecified atom stereocenters. The Hall–Kier alpha value is -1.39. The maximum Gasteiger partial charge on any atom is 0.228 e. The largest absolute Gasteiger partial charge is 0.339 e. The predicted octanol–water partition coefficient (Wildman–Crippen LogP) is 1.32. The van der Waals surface area contributed by atoms with E-state index in [1.807, 2.05) is 37.1 Å². The molecular formula is C14H21N3O. The zero-order valence-electron chi connectivity index (χ0n) is 11.2. The number of carbonyl (C=O) groups is 1. The highest BCUT2D eigenvalue weighted by molar-refractivity contribution is 5.80. The molecule has 0 aliphatic carbocycles. The minimum atomic E-state index is 0.0150. The maximum absolute atomic E-state index is 12.4. The first-order valence-corrected chi connectivity index (χ1v) is 6.41. The molecule has 2 rings (SSSR count). The van der Waals surface area contributed by atoms with Gasteiger partial charge < -0.3 is 4.90 Å². The van der Waals surface area contributed by atoms with Crippen molar-refractivity contribution in [2.45, 2.75) is 25.9 Å². The average Bonchev–Trinajstić information content (AvgIpc) is 2.83. The van der Waals surface area contributed by atoms with E-state index in [1.165, 1.54) is 5.56 Å². The third-order valence-electron chi connectivity index (χ3n) is 3.78. The van der Waals surface area contributed by atoms with Crippen molar-refractivity contribution in [3.05, 3.63) is 35.9 Å². The summed E-state index contributed by atoms with van der Waals surface area (Å²) >= 11 is 0. The maximum atomic E-state index is 12.4. The molecule has 1 amide bonds. The van der Waals surface area contributed by atoms with Gasteiger partial charge in [-0.05, 0) is 19.4 Å². The number of hydrazine groups is 1. The summed E-state index contributed by atoms with van der Waals surface area (Å²) in [6.45, 7) is 4.79. The molecule has 18 heavy (non-hydrogen) atoms. The molecule has 1 aliphatic heterocycles. The van der Waals surface area contributed by atoms with E-state index in [1.54, 1.807) is 0 Å². The highest BCUT2D eigenvalue weighted by Crippen LogP contribution is 2.21. The molecule has 0 spiro atoms. The van der Waals surface area contributed by atoms with Gasteiger partial charge in [-0.25, -0.2) is 0 Å². The Morgan fingerprint density at radius 1 is 1.39 bits per heavy atom. The average molecular weight is 247 g/mol. The molecule has 0 bridgehead atoms. The van der Waals surface area contributed by atoms with E-state index in [0.717, 1.165) is 0 Å². The van der Waals surface area contributed by atoms with Crippen LogP contribution in [0.25, 0.3) is 0 Å². The summed E-state index contributed by atoms with van der Waals surface area (Å²) in [5.41, 5.74) is 7.29. The highest BCUT2D eigenvalue weighted by Gasteiger charge is 2.33. The number of benzene rings is 1. The lowest BCUT2D eigenvalue weighted by molar-refractivity contribution is -0.135. The van der Waals surface area contributed by atoms with Gasteiger partial charge in [0.1, 0.15) is 0 Å². The Morgan fingerprint density at radius 3 is 2.61 bits per heavy atom. The van der Waals surface area contributed by atoms with Crippen molar-refractivity contribution >= 4 is 5.91 Å². The van der Waals surface area contributed by atoms with Crippen molar-refractivity contribution in [1.82, 2.24) is 15.8 Å². The van der Waals surface area contributed by atoms with E-state index in [9.17, 15) is 4.79 Å². The summed E-state index contributed by atoms with van der Waals surface area (Å²) in [4.78, 5) is 14.3. The highest BCUT2D eigenvalue weighted by atomic mass is 16.2. The van der Waals surface area contributed by atoms with Gasteiger partial charge >= 0.3 is 0 Å². The number of hydrogen-bond donors (Lipinski definition) is 2. The van der Waals surface area contributed by atoms with Crippen LogP contribution in [0.5, 0.6) is 0 Å². The SMILES string of the molecule is CC1NNCC1C(=O)N(C)C(C)c1ccccc1. The summed E-state index contributed by atoms with van der Waals surface area (Å²) in [6.07, 6.45) is 0. The summed E-state index contributed by atoms with van der Waals surface area (Å²) in [5, 5.41) is 0.